The van der Waals surface area contributed by atoms with E-state index >= 15 is 0 Å². The Morgan fingerprint density at radius 2 is 0.805 bits per heavy atom. The zero-order chi connectivity index (χ0) is 77.9. The Hall–Kier alpha value is -4.73. The molecule has 8 bridgehead atoms. The van der Waals surface area contributed by atoms with Crippen LogP contribution >= 0.6 is 104 Å². The molecule has 14 aliphatic rings. The number of rotatable bonds is 8. The van der Waals surface area contributed by atoms with Crippen molar-refractivity contribution in [2.24, 2.45) is 71.0 Å². The zero-order valence-electron chi connectivity index (χ0n) is 66.0. The molecule has 0 aliphatic heterocycles. The number of halogens is 6. The molecule has 113 heavy (non-hydrogen) atoms. The van der Waals surface area contributed by atoms with Gasteiger partial charge in [-0.3, -0.25) is 9.59 Å². The van der Waals surface area contributed by atoms with Gasteiger partial charge in [0.1, 0.15) is 22.7 Å². The molecular weight excluding hydrogens is 1830 g/mol. The van der Waals surface area contributed by atoms with Crippen LogP contribution in [0.1, 0.15) is 212 Å². The van der Waals surface area contributed by atoms with Crippen molar-refractivity contribution >= 4 is 115 Å². The van der Waals surface area contributed by atoms with E-state index in [0.717, 1.165) is 99.0 Å². The first kappa shape index (κ1) is 95.4. The Kier molecular flexibility index (Phi) is 32.9. The summed E-state index contributed by atoms with van der Waals surface area (Å²) >= 11 is 17.5. The predicted octanol–water partition coefficient (Wildman–Crippen LogP) is 25.6. The van der Waals surface area contributed by atoms with E-state index in [1.165, 1.54) is 62.3 Å². The van der Waals surface area contributed by atoms with Crippen LogP contribution in [0, 0.1) is 77.1 Å². The Balaban J connectivity index is 0.000000265. The van der Waals surface area contributed by atoms with E-state index in [4.69, 9.17) is 2.97 Å². The van der Waals surface area contributed by atoms with E-state index in [0.29, 0.717) is 64.8 Å². The normalized spacial score (nSPS) is 27.6. The zero-order valence-corrected chi connectivity index (χ0v) is 74.3. The third-order valence-corrected chi connectivity index (χ3v) is 28.1. The topological polar surface area (TPSA) is 135 Å². The smallest absolute Gasteiger partial charge is 0.508 e. The van der Waals surface area contributed by atoms with Crippen molar-refractivity contribution in [1.82, 2.24) is 0 Å². The Bertz CT molecular complexity index is 4780. The Morgan fingerprint density at radius 1 is 0.434 bits per heavy atom. The molecule has 1 saturated carbocycles. The molecule has 14 heteroatoms. The quantitative estimate of drug-likeness (QED) is 0.0255. The monoisotopic (exact) mass is 1950 g/mol. The van der Waals surface area contributed by atoms with Crippen molar-refractivity contribution in [2.75, 3.05) is 0 Å². The second-order valence-electron chi connectivity index (χ2n) is 33.0. The second kappa shape index (κ2) is 39.0. The van der Waals surface area contributed by atoms with Crippen LogP contribution in [-0.4, -0.2) is 42.7 Å². The van der Waals surface area contributed by atoms with Crippen molar-refractivity contribution in [2.45, 2.75) is 193 Å². The van der Waals surface area contributed by atoms with Gasteiger partial charge in [0.25, 0.3) is 0 Å². The van der Waals surface area contributed by atoms with Gasteiger partial charge in [0.2, 0.25) is 0 Å². The molecule has 7 nitrogen and oxygen atoms in total. The summed E-state index contributed by atoms with van der Waals surface area (Å²) in [7, 11) is 0. The number of carbonyl (C=O) groups is 2. The fourth-order valence-corrected chi connectivity index (χ4v) is 21.4. The summed E-state index contributed by atoms with van der Waals surface area (Å²) in [5, 5.41) is 56.2. The van der Waals surface area contributed by atoms with Gasteiger partial charge in [-0.25, -0.2) is 0 Å². The number of allylic oxidation sites excluding steroid dienone is 10. The molecule has 602 valence electrons. The van der Waals surface area contributed by atoms with Crippen molar-refractivity contribution in [3.63, 3.8) is 0 Å². The van der Waals surface area contributed by atoms with Crippen molar-refractivity contribution in [3.8, 4) is 33.8 Å². The summed E-state index contributed by atoms with van der Waals surface area (Å²) in [4.78, 5) is 24.2. The van der Waals surface area contributed by atoms with Gasteiger partial charge < -0.3 is 25.5 Å². The molecule has 15 unspecified atom stereocenters. The molecule has 0 saturated heterocycles. The van der Waals surface area contributed by atoms with Gasteiger partial charge in [0.05, 0.1) is 5.60 Å². The van der Waals surface area contributed by atoms with Crippen LogP contribution in [-0.2, 0) is 20.8 Å². The molecule has 0 aromatic heterocycles. The van der Waals surface area contributed by atoms with Crippen LogP contribution in [0.15, 0.2) is 250 Å². The number of hydrogen-bond donors (Lipinski definition) is 5. The van der Waals surface area contributed by atoms with Crippen molar-refractivity contribution < 1.29 is 57.0 Å². The number of ketones is 2. The van der Waals surface area contributed by atoms with Crippen molar-refractivity contribution in [3.05, 3.63) is 289 Å². The summed E-state index contributed by atoms with van der Waals surface area (Å²) in [5.74, 6) is 6.75. The predicted molar refractivity (Wildman–Crippen MR) is 498 cm³/mol. The number of aromatic hydroxyl groups is 2. The fourth-order valence-electron chi connectivity index (χ4n) is 20.1. The number of fused-ring (bicyclic) bond motifs is 5. The maximum Gasteiger partial charge on any atom is 1.00 e. The van der Waals surface area contributed by atoms with Crippen molar-refractivity contribution in [1.29, 1.82) is 0 Å². The maximum absolute atomic E-state index is 12.3. The van der Waals surface area contributed by atoms with E-state index < -0.39 is 16.8 Å². The van der Waals surface area contributed by atoms with Gasteiger partial charge in [-0.2, -0.15) is 30.3 Å². The largest absolute Gasteiger partial charge is 1.00 e. The van der Waals surface area contributed by atoms with Crippen LogP contribution in [0.3, 0.4) is 0 Å². The van der Waals surface area contributed by atoms with Gasteiger partial charge in [-0.15, -0.1) is 24.0 Å². The van der Waals surface area contributed by atoms with Crippen LogP contribution in [0.5, 0.6) is 11.5 Å². The maximum atomic E-state index is 12.3. The number of aliphatic hydroxyl groups is 3. The molecule has 7 aromatic rings. The van der Waals surface area contributed by atoms with Crippen LogP contribution in [0.25, 0.3) is 22.3 Å². The molecular formula is C99H121Br5ILiO7. The summed E-state index contributed by atoms with van der Waals surface area (Å²) in [5.41, 5.74) is 15.9. The van der Waals surface area contributed by atoms with Crippen LogP contribution in [0.4, 0.5) is 0 Å². The molecule has 0 radical (unpaired) electrons. The van der Waals surface area contributed by atoms with E-state index in [1.807, 2.05) is 84.9 Å². The molecule has 0 heterocycles. The molecule has 0 amide bonds. The number of hydrogen-bond acceptors (Lipinski definition) is 7. The second-order valence-corrected chi connectivity index (χ2v) is 37.6. The SMILES string of the molecule is Brc1cc[c-]cc1.C.C.C.C.C.CC(C)C1CC2c3c(-c4ccc(Br)cc4)ccc(-c4ccc(Br)cc4)c3C1CC2(C)O.CC1=CC2C3=C(C(=O)C=CC3=O)C1CC2C(C)C.CC1=CC2C3=C(C1CC2C(C)C)C(O)(c1ccc(Br)cc1)C=CC3(O)c1ccc(Br)cc1.CC1=CC2c3c(O)ccc(O)c3C1CC2C(C)C.I.[2H][2H].[Li+]. The van der Waals surface area contributed by atoms with Gasteiger partial charge in [0.15, 0.2) is 11.6 Å². The summed E-state index contributed by atoms with van der Waals surface area (Å²) in [6.07, 6.45) is 18.4. The Morgan fingerprint density at radius 3 is 1.27 bits per heavy atom. The summed E-state index contributed by atoms with van der Waals surface area (Å²) < 4.78 is 15.2. The minimum atomic E-state index is -1.24. The minimum Gasteiger partial charge on any atom is -0.508 e. The molecule has 5 N–H and O–H groups in total. The minimum absolute atomic E-state index is 0. The number of carbonyl (C=O) groups excluding carboxylic acids is 2. The van der Waals surface area contributed by atoms with E-state index in [9.17, 15) is 35.1 Å². The molecule has 15 atom stereocenters. The van der Waals surface area contributed by atoms with Gasteiger partial charge in [0, 0.05) is 84.6 Å². The third-order valence-electron chi connectivity index (χ3n) is 25.5. The first-order valence-electron chi connectivity index (χ1n) is 38.9. The summed E-state index contributed by atoms with van der Waals surface area (Å²) in [6, 6.07) is 51.4. The third kappa shape index (κ3) is 18.7. The molecule has 21 rings (SSSR count). The average Bonchev–Trinajstić information content (AvgIpc) is 0.686. The van der Waals surface area contributed by atoms with E-state index in [-0.39, 0.29) is 133 Å². The van der Waals surface area contributed by atoms with E-state index in [2.05, 4.69) is 248 Å². The molecule has 14 aliphatic carbocycles. The van der Waals surface area contributed by atoms with Gasteiger partial charge in [-0.05, 0) is 254 Å². The fraction of sp³-hybridized carbons (Fsp3) is 0.414. The first-order valence-corrected chi connectivity index (χ1v) is 41.8. The summed E-state index contributed by atoms with van der Waals surface area (Å²) in [6.45, 7) is 26.6. The van der Waals surface area contributed by atoms with Gasteiger partial charge in [-0.1, -0.05) is 272 Å². The van der Waals surface area contributed by atoms with E-state index in [1.54, 1.807) is 12.1 Å². The molecule has 0 spiro atoms. The first-order chi connectivity index (χ1) is 51.3. The number of phenols is 2. The van der Waals surface area contributed by atoms with Crippen LogP contribution < -0.4 is 18.9 Å². The number of benzene rings is 7. The average molecular weight is 1960 g/mol. The number of phenolic OH excluding ortho intramolecular Hbond substituents is 2. The van der Waals surface area contributed by atoms with Gasteiger partial charge >= 0.3 is 18.9 Å². The molecule has 7 aromatic carbocycles. The van der Waals surface area contributed by atoms with Crippen LogP contribution in [0.2, 0.25) is 0 Å². The standard InChI is InChI=1S/C28H28Br2O2.C28H28Br2O.C16H20O2.C16H18O2.C6H4Br.5CH4.HI.Li.H2/c1-16(2)22-15-23-17(3)14-24(22)26-25(23)27(31,18-4-8-20(29)9-5-18)12-13-28(26,32)19-6-10-21(30)11-7-19;1-16(2)23-14-25-27-22(18-6-10-20(30)11-7-18)13-12-21(17-4-8-19(29)9-5-17)26(27)24(23)15-28(25,3)31;2*1-8(2)10-7-11-9(3)6-12(10)16-14(18)5-4-13(17)15(11)16;7-6-4-2-1-3-5-6;;;;;;;;/h4-14,16,22-24,31-32H,15H2,1-3H3;4-13,16,23-25,31H,14-15H2,1-3H3;4-6,8,10-12,17-18H,7H2,1-3H3;4-6,8,10-12H,7H2,1-3H3;2-5H;5*1H4;1H;;1H/q;;;;-1;;;;;;;+1;/i;;;;;;;;;;;;1+1D. The molecule has 1 fully saturated rings. The Labute approximate surface area is 751 Å².